The van der Waals surface area contributed by atoms with Crippen LogP contribution in [-0.2, 0) is 0 Å². The van der Waals surface area contributed by atoms with E-state index >= 15 is 0 Å². The summed E-state index contributed by atoms with van der Waals surface area (Å²) in [5, 5.41) is 10.2. The predicted molar refractivity (Wildman–Crippen MR) is 78.3 cm³/mol. The third-order valence-corrected chi connectivity index (χ3v) is 5.15. The average Bonchev–Trinajstić information content (AvgIpc) is 2.39. The second-order valence-electron chi connectivity index (χ2n) is 6.81. The van der Waals surface area contributed by atoms with Gasteiger partial charge in [-0.25, -0.2) is 0 Å². The summed E-state index contributed by atoms with van der Waals surface area (Å²) in [6, 6.07) is 6.02. The maximum atomic E-state index is 10.2. The minimum atomic E-state index is -0.245. The van der Waals surface area contributed by atoms with Crippen LogP contribution < -0.4 is 9.47 Å². The lowest BCUT2D eigenvalue weighted by atomic mass is 9.63. The first-order valence-electron chi connectivity index (χ1n) is 7.48. The number of hydrogen-bond donors (Lipinski definition) is 1. The molecule has 0 unspecified atom stereocenters. The zero-order valence-corrected chi connectivity index (χ0v) is 12.7. The number of ether oxygens (including phenoxy) is 2. The summed E-state index contributed by atoms with van der Waals surface area (Å²) in [5.74, 6) is 2.92. The van der Waals surface area contributed by atoms with Gasteiger partial charge in [0.25, 0.3) is 0 Å². The van der Waals surface area contributed by atoms with Crippen LogP contribution in [0.4, 0.5) is 0 Å². The average molecular weight is 276 g/mol. The molecule has 0 spiro atoms. The molecular weight excluding hydrogens is 252 g/mol. The van der Waals surface area contributed by atoms with Crippen LogP contribution in [0.2, 0.25) is 0 Å². The molecule has 1 N–H and O–H groups in total. The van der Waals surface area contributed by atoms with Gasteiger partial charge in [0.2, 0.25) is 0 Å². The molecule has 0 bridgehead atoms. The van der Waals surface area contributed by atoms with Gasteiger partial charge in [-0.3, -0.25) is 0 Å². The van der Waals surface area contributed by atoms with E-state index in [-0.39, 0.29) is 11.7 Å². The van der Waals surface area contributed by atoms with Gasteiger partial charge in [0, 0.05) is 11.5 Å². The van der Waals surface area contributed by atoms with Crippen LogP contribution in [0.25, 0.3) is 0 Å². The number of methoxy groups -OCH3 is 1. The molecule has 0 amide bonds. The fraction of sp³-hybridized carbons (Fsp3) is 0.647. The molecule has 2 aliphatic rings. The van der Waals surface area contributed by atoms with Crippen LogP contribution >= 0.6 is 0 Å². The quantitative estimate of drug-likeness (QED) is 0.855. The number of rotatable bonds is 1. The van der Waals surface area contributed by atoms with E-state index in [0.717, 1.165) is 24.3 Å². The Morgan fingerprint density at radius 2 is 2.05 bits per heavy atom. The standard InChI is InChI=1S/C17H24O3/c1-10-8-11-12(9-13(10)18)17(2,3)20-15-7-5-6-14(19-4)16(11)15/h5-7,10-13,18H,8-9H2,1-4H3/t10-,11+,12+,13-/m1/s1. The highest BCUT2D eigenvalue weighted by Crippen LogP contribution is 2.55. The molecule has 1 aliphatic carbocycles. The molecule has 0 radical (unpaired) electrons. The van der Waals surface area contributed by atoms with Crippen molar-refractivity contribution in [1.29, 1.82) is 0 Å². The molecule has 3 nitrogen and oxygen atoms in total. The van der Waals surface area contributed by atoms with Crippen LogP contribution in [0.1, 0.15) is 45.1 Å². The Balaban J connectivity index is 2.10. The number of fused-ring (bicyclic) bond motifs is 3. The topological polar surface area (TPSA) is 38.7 Å². The smallest absolute Gasteiger partial charge is 0.127 e. The summed E-state index contributed by atoms with van der Waals surface area (Å²) in [5.41, 5.74) is 0.948. The van der Waals surface area contributed by atoms with Gasteiger partial charge >= 0.3 is 0 Å². The normalized spacial score (nSPS) is 34.6. The maximum absolute atomic E-state index is 10.2. The summed E-state index contributed by atoms with van der Waals surface area (Å²) in [7, 11) is 1.71. The largest absolute Gasteiger partial charge is 0.496 e. The molecular formula is C17H24O3. The van der Waals surface area contributed by atoms with Crippen molar-refractivity contribution >= 4 is 0 Å². The van der Waals surface area contributed by atoms with Gasteiger partial charge in [-0.2, -0.15) is 0 Å². The molecule has 4 atom stereocenters. The van der Waals surface area contributed by atoms with Crippen LogP contribution in [0.3, 0.4) is 0 Å². The van der Waals surface area contributed by atoms with Crippen molar-refractivity contribution in [3.8, 4) is 11.5 Å². The number of hydrogen-bond acceptors (Lipinski definition) is 3. The molecule has 1 aromatic rings. The molecule has 3 rings (SSSR count). The Morgan fingerprint density at radius 3 is 2.75 bits per heavy atom. The lowest BCUT2D eigenvalue weighted by Crippen LogP contribution is -2.49. The molecule has 1 heterocycles. The minimum absolute atomic E-state index is 0.226. The highest BCUT2D eigenvalue weighted by Gasteiger charge is 2.49. The molecule has 20 heavy (non-hydrogen) atoms. The van der Waals surface area contributed by atoms with Gasteiger partial charge in [-0.05, 0) is 50.7 Å². The Hall–Kier alpha value is -1.22. The minimum Gasteiger partial charge on any atom is -0.496 e. The van der Waals surface area contributed by atoms with Crippen molar-refractivity contribution in [1.82, 2.24) is 0 Å². The van der Waals surface area contributed by atoms with E-state index in [4.69, 9.17) is 9.47 Å². The molecule has 1 aromatic carbocycles. The first-order chi connectivity index (χ1) is 9.44. The molecule has 0 aromatic heterocycles. The molecule has 0 saturated heterocycles. The van der Waals surface area contributed by atoms with E-state index in [0.29, 0.717) is 17.8 Å². The number of aliphatic hydroxyl groups excluding tert-OH is 1. The highest BCUT2D eigenvalue weighted by molar-refractivity contribution is 5.50. The third-order valence-electron chi connectivity index (χ3n) is 5.15. The van der Waals surface area contributed by atoms with Gasteiger partial charge in [-0.1, -0.05) is 13.0 Å². The van der Waals surface area contributed by atoms with Gasteiger partial charge in [0.05, 0.1) is 13.2 Å². The fourth-order valence-corrected chi connectivity index (χ4v) is 3.98. The molecule has 3 heteroatoms. The lowest BCUT2D eigenvalue weighted by Gasteiger charge is -2.50. The Kier molecular flexibility index (Phi) is 3.20. The van der Waals surface area contributed by atoms with E-state index in [1.807, 2.05) is 18.2 Å². The van der Waals surface area contributed by atoms with Gasteiger partial charge in [-0.15, -0.1) is 0 Å². The summed E-state index contributed by atoms with van der Waals surface area (Å²) < 4.78 is 11.8. The summed E-state index contributed by atoms with van der Waals surface area (Å²) in [6.07, 6.45) is 1.57. The Morgan fingerprint density at radius 1 is 1.30 bits per heavy atom. The zero-order chi connectivity index (χ0) is 14.5. The number of benzene rings is 1. The summed E-state index contributed by atoms with van der Waals surface area (Å²) in [4.78, 5) is 0. The van der Waals surface area contributed by atoms with Crippen LogP contribution in [0.15, 0.2) is 18.2 Å². The third kappa shape index (κ3) is 1.99. The van der Waals surface area contributed by atoms with Crippen molar-refractivity contribution in [2.45, 2.75) is 51.2 Å². The van der Waals surface area contributed by atoms with E-state index in [1.54, 1.807) is 7.11 Å². The number of aliphatic hydroxyl groups is 1. The van der Waals surface area contributed by atoms with Gasteiger partial charge in [0.15, 0.2) is 0 Å². The van der Waals surface area contributed by atoms with Crippen molar-refractivity contribution < 1.29 is 14.6 Å². The van der Waals surface area contributed by atoms with Gasteiger partial charge in [0.1, 0.15) is 17.1 Å². The molecule has 1 fully saturated rings. The summed E-state index contributed by atoms with van der Waals surface area (Å²) >= 11 is 0. The fourth-order valence-electron chi connectivity index (χ4n) is 3.98. The molecule has 1 saturated carbocycles. The second-order valence-corrected chi connectivity index (χ2v) is 6.81. The summed E-state index contributed by atoms with van der Waals surface area (Å²) in [6.45, 7) is 6.41. The first-order valence-corrected chi connectivity index (χ1v) is 7.48. The van der Waals surface area contributed by atoms with Crippen molar-refractivity contribution in [2.75, 3.05) is 7.11 Å². The SMILES string of the molecule is COc1cccc2c1[C@H]1C[C@@H](C)[C@H](O)C[C@@H]1C(C)(C)O2. The maximum Gasteiger partial charge on any atom is 0.127 e. The van der Waals surface area contributed by atoms with E-state index in [9.17, 15) is 5.11 Å². The molecule has 1 aliphatic heterocycles. The molecule has 110 valence electrons. The van der Waals surface area contributed by atoms with E-state index < -0.39 is 0 Å². The second kappa shape index (κ2) is 4.66. The van der Waals surface area contributed by atoms with Gasteiger partial charge < -0.3 is 14.6 Å². The zero-order valence-electron chi connectivity index (χ0n) is 12.7. The Labute approximate surface area is 120 Å². The monoisotopic (exact) mass is 276 g/mol. The van der Waals surface area contributed by atoms with Crippen LogP contribution in [0.5, 0.6) is 11.5 Å². The van der Waals surface area contributed by atoms with Crippen molar-refractivity contribution in [3.05, 3.63) is 23.8 Å². The van der Waals surface area contributed by atoms with Crippen molar-refractivity contribution in [3.63, 3.8) is 0 Å². The first kappa shape index (κ1) is 13.7. The van der Waals surface area contributed by atoms with E-state index in [2.05, 4.69) is 20.8 Å². The Bertz CT molecular complexity index is 509. The highest BCUT2D eigenvalue weighted by atomic mass is 16.5. The van der Waals surface area contributed by atoms with Crippen LogP contribution in [0, 0.1) is 11.8 Å². The van der Waals surface area contributed by atoms with Crippen LogP contribution in [-0.4, -0.2) is 23.9 Å². The van der Waals surface area contributed by atoms with E-state index in [1.165, 1.54) is 5.56 Å². The van der Waals surface area contributed by atoms with Crippen molar-refractivity contribution in [2.24, 2.45) is 11.8 Å². The lowest BCUT2D eigenvalue weighted by molar-refractivity contribution is -0.0566. The predicted octanol–water partition coefficient (Wildman–Crippen LogP) is 3.36.